The Hall–Kier alpha value is -0.340. The van der Waals surface area contributed by atoms with E-state index in [1.54, 1.807) is 0 Å². The Morgan fingerprint density at radius 1 is 1.43 bits per heavy atom. The van der Waals surface area contributed by atoms with E-state index < -0.39 is 0 Å². The first-order valence-corrected chi connectivity index (χ1v) is 5.62. The van der Waals surface area contributed by atoms with Gasteiger partial charge in [-0.25, -0.2) is 0 Å². The standard InChI is InChI=1S/C11H12IOP/c1-3-11(8(2)14)9-4-6-10(13-12)7-5-9/h3-7H,1,14H2,2H3/b11-8-. The molecule has 0 fully saturated rings. The average Bonchev–Trinajstić information content (AvgIpc) is 2.19. The van der Waals surface area contributed by atoms with Crippen molar-refractivity contribution in [3.63, 3.8) is 0 Å². The lowest BCUT2D eigenvalue weighted by Gasteiger charge is -2.05. The van der Waals surface area contributed by atoms with Gasteiger partial charge in [0.25, 0.3) is 0 Å². The van der Waals surface area contributed by atoms with Gasteiger partial charge in [0.1, 0.15) is 5.75 Å². The normalized spacial score (nSPS) is 11.9. The highest BCUT2D eigenvalue weighted by atomic mass is 127. The Balaban J connectivity index is 3.08. The van der Waals surface area contributed by atoms with Crippen molar-refractivity contribution in [2.24, 2.45) is 0 Å². The van der Waals surface area contributed by atoms with Gasteiger partial charge in [-0.05, 0) is 35.5 Å². The summed E-state index contributed by atoms with van der Waals surface area (Å²) in [5, 5.41) is 1.18. The van der Waals surface area contributed by atoms with E-state index in [2.05, 4.69) is 15.8 Å². The van der Waals surface area contributed by atoms with Crippen LogP contribution in [0.1, 0.15) is 12.5 Å². The summed E-state index contributed by atoms with van der Waals surface area (Å²) in [5.74, 6) is 0.860. The maximum Gasteiger partial charge on any atom is 0.192 e. The first-order chi connectivity index (χ1) is 6.69. The van der Waals surface area contributed by atoms with Crippen LogP contribution in [-0.2, 0) is 0 Å². The summed E-state index contributed by atoms with van der Waals surface area (Å²) >= 11 is 1.87. The summed E-state index contributed by atoms with van der Waals surface area (Å²) in [6, 6.07) is 7.94. The van der Waals surface area contributed by atoms with Crippen LogP contribution in [0, 0.1) is 0 Å². The maximum absolute atomic E-state index is 5.07. The molecule has 1 aromatic rings. The minimum Gasteiger partial charge on any atom is -0.428 e. The Morgan fingerprint density at radius 2 is 2.00 bits per heavy atom. The van der Waals surface area contributed by atoms with Gasteiger partial charge in [0.2, 0.25) is 0 Å². The summed E-state index contributed by atoms with van der Waals surface area (Å²) in [5.41, 5.74) is 2.31. The molecule has 0 amide bonds. The fraction of sp³-hybridized carbons (Fsp3) is 0.0909. The molecule has 0 aliphatic heterocycles. The molecule has 0 bridgehead atoms. The number of allylic oxidation sites excluding steroid dienone is 3. The third kappa shape index (κ3) is 2.82. The second kappa shape index (κ2) is 5.52. The van der Waals surface area contributed by atoms with Gasteiger partial charge in [0.15, 0.2) is 23.0 Å². The number of halogens is 1. The highest BCUT2D eigenvalue weighted by molar-refractivity contribution is 14.1. The number of benzene rings is 1. The van der Waals surface area contributed by atoms with E-state index in [9.17, 15) is 0 Å². The molecule has 74 valence electrons. The summed E-state index contributed by atoms with van der Waals surface area (Å²) in [6.07, 6.45) is 1.86. The lowest BCUT2D eigenvalue weighted by Crippen LogP contribution is -1.82. The summed E-state index contributed by atoms with van der Waals surface area (Å²) in [6.45, 7) is 5.84. The highest BCUT2D eigenvalue weighted by Gasteiger charge is 1.99. The van der Waals surface area contributed by atoms with Gasteiger partial charge in [0.05, 0.1) is 0 Å². The molecule has 0 N–H and O–H groups in total. The van der Waals surface area contributed by atoms with E-state index in [1.165, 1.54) is 5.31 Å². The van der Waals surface area contributed by atoms with Crippen molar-refractivity contribution in [1.82, 2.24) is 0 Å². The molecule has 0 aliphatic carbocycles. The van der Waals surface area contributed by atoms with Gasteiger partial charge in [-0.3, -0.25) is 0 Å². The zero-order chi connectivity index (χ0) is 10.6. The molecule has 0 saturated carbocycles. The maximum atomic E-state index is 5.07. The molecule has 1 aromatic carbocycles. The summed E-state index contributed by atoms with van der Waals surface area (Å²) in [4.78, 5) is 0. The second-order valence-electron chi connectivity index (χ2n) is 2.90. The lowest BCUT2D eigenvalue weighted by molar-refractivity contribution is 0.717. The molecular weight excluding hydrogens is 306 g/mol. The van der Waals surface area contributed by atoms with Crippen molar-refractivity contribution >= 4 is 37.8 Å². The van der Waals surface area contributed by atoms with Crippen LogP contribution in [0.3, 0.4) is 0 Å². The first-order valence-electron chi connectivity index (χ1n) is 4.17. The minimum absolute atomic E-state index is 0.860. The quantitative estimate of drug-likeness (QED) is 0.461. The molecule has 0 spiro atoms. The van der Waals surface area contributed by atoms with Crippen LogP contribution < -0.4 is 3.07 Å². The summed E-state index contributed by atoms with van der Waals surface area (Å²) < 4.78 is 5.07. The minimum atomic E-state index is 0.860. The number of rotatable bonds is 3. The molecule has 1 atom stereocenters. The SMILES string of the molecule is C=C/C(=C(\C)P)c1ccc(OI)cc1. The van der Waals surface area contributed by atoms with Crippen molar-refractivity contribution < 1.29 is 3.07 Å². The zero-order valence-electron chi connectivity index (χ0n) is 7.96. The predicted octanol–water partition coefficient (Wildman–Crippen LogP) is 4.21. The Kier molecular flexibility index (Phi) is 4.63. The fourth-order valence-corrected chi connectivity index (χ4v) is 1.77. The number of hydrogen-bond donors (Lipinski definition) is 0. The first kappa shape index (κ1) is 11.7. The van der Waals surface area contributed by atoms with E-state index in [4.69, 9.17) is 3.07 Å². The predicted molar refractivity (Wildman–Crippen MR) is 73.6 cm³/mol. The molecule has 14 heavy (non-hydrogen) atoms. The van der Waals surface area contributed by atoms with Crippen molar-refractivity contribution in [3.05, 3.63) is 47.8 Å². The molecule has 0 saturated heterocycles. The highest BCUT2D eigenvalue weighted by Crippen LogP contribution is 2.25. The van der Waals surface area contributed by atoms with Crippen molar-refractivity contribution in [3.8, 4) is 5.75 Å². The largest absolute Gasteiger partial charge is 0.428 e. The van der Waals surface area contributed by atoms with Crippen LogP contribution in [0.4, 0.5) is 0 Å². The molecule has 0 heterocycles. The van der Waals surface area contributed by atoms with Crippen molar-refractivity contribution in [1.29, 1.82) is 0 Å². The van der Waals surface area contributed by atoms with Crippen LogP contribution >= 0.6 is 32.2 Å². The second-order valence-corrected chi connectivity index (χ2v) is 4.21. The monoisotopic (exact) mass is 318 g/mol. The van der Waals surface area contributed by atoms with E-state index >= 15 is 0 Å². The Morgan fingerprint density at radius 3 is 2.36 bits per heavy atom. The van der Waals surface area contributed by atoms with E-state index in [0.29, 0.717) is 0 Å². The van der Waals surface area contributed by atoms with Crippen LogP contribution in [0.2, 0.25) is 0 Å². The zero-order valence-corrected chi connectivity index (χ0v) is 11.3. The molecule has 1 nitrogen and oxygen atoms in total. The van der Waals surface area contributed by atoms with Crippen molar-refractivity contribution in [2.45, 2.75) is 6.92 Å². The Bertz CT molecular complexity index is 350. The van der Waals surface area contributed by atoms with E-state index in [-0.39, 0.29) is 0 Å². The topological polar surface area (TPSA) is 9.23 Å². The molecule has 3 heteroatoms. The van der Waals surface area contributed by atoms with E-state index in [0.717, 1.165) is 16.9 Å². The van der Waals surface area contributed by atoms with Gasteiger partial charge in [-0.2, -0.15) is 0 Å². The van der Waals surface area contributed by atoms with Gasteiger partial charge in [-0.1, -0.05) is 24.8 Å². The molecular formula is C11H12IOP. The molecule has 0 aromatic heterocycles. The summed E-state index contributed by atoms with van der Waals surface area (Å²) in [7, 11) is 2.69. The molecule has 0 radical (unpaired) electrons. The number of hydrogen-bond acceptors (Lipinski definition) is 1. The van der Waals surface area contributed by atoms with Gasteiger partial charge < -0.3 is 3.07 Å². The molecule has 0 aliphatic rings. The average molecular weight is 318 g/mol. The third-order valence-electron chi connectivity index (χ3n) is 1.88. The third-order valence-corrected chi connectivity index (χ3v) is 2.70. The smallest absolute Gasteiger partial charge is 0.192 e. The van der Waals surface area contributed by atoms with Crippen LogP contribution in [0.15, 0.2) is 42.2 Å². The van der Waals surface area contributed by atoms with E-state index in [1.807, 2.05) is 60.3 Å². The Labute approximate surface area is 101 Å². The van der Waals surface area contributed by atoms with Crippen LogP contribution in [-0.4, -0.2) is 0 Å². The van der Waals surface area contributed by atoms with Gasteiger partial charge in [0, 0.05) is 0 Å². The molecule has 1 rings (SSSR count). The van der Waals surface area contributed by atoms with Crippen LogP contribution in [0.5, 0.6) is 5.75 Å². The van der Waals surface area contributed by atoms with Gasteiger partial charge >= 0.3 is 0 Å². The van der Waals surface area contributed by atoms with Crippen LogP contribution in [0.25, 0.3) is 5.57 Å². The lowest BCUT2D eigenvalue weighted by atomic mass is 10.1. The molecule has 1 unspecified atom stereocenters. The van der Waals surface area contributed by atoms with Crippen molar-refractivity contribution in [2.75, 3.05) is 0 Å². The fourth-order valence-electron chi connectivity index (χ4n) is 1.19. The van der Waals surface area contributed by atoms with Gasteiger partial charge in [-0.15, -0.1) is 9.24 Å².